The van der Waals surface area contributed by atoms with Gasteiger partial charge in [0.05, 0.1) is 0 Å². The summed E-state index contributed by atoms with van der Waals surface area (Å²) in [6.45, 7) is 0.305. The SMILES string of the molecule is FC(F)(F)C(F)(F)CC1CN1SI. The normalized spacial score (nSPS) is 29.1. The monoisotopic (exact) mass is 333 g/mol. The second-order valence-electron chi connectivity index (χ2n) is 2.73. The maximum atomic E-state index is 12.4. The molecule has 0 amide bonds. The third kappa shape index (κ3) is 2.82. The molecule has 1 aliphatic heterocycles. The number of nitrogens with zero attached hydrogens (tertiary/aromatic N) is 1. The maximum absolute atomic E-state index is 12.4. The van der Waals surface area contributed by atoms with Crippen molar-refractivity contribution in [1.82, 2.24) is 4.31 Å². The third-order valence-electron chi connectivity index (χ3n) is 1.66. The molecule has 1 rings (SSSR count). The van der Waals surface area contributed by atoms with E-state index in [1.807, 2.05) is 21.2 Å². The Kier molecular flexibility index (Phi) is 3.34. The van der Waals surface area contributed by atoms with Gasteiger partial charge >= 0.3 is 12.1 Å². The number of alkyl halides is 5. The Morgan fingerprint density at radius 3 is 2.15 bits per heavy atom. The number of hydrogen-bond donors (Lipinski definition) is 0. The molecule has 1 heterocycles. The average Bonchev–Trinajstić information content (AvgIpc) is 2.63. The molecular weight excluding hydrogens is 328 g/mol. The molecule has 0 aromatic carbocycles. The van der Waals surface area contributed by atoms with E-state index in [4.69, 9.17) is 0 Å². The van der Waals surface area contributed by atoms with Crippen molar-refractivity contribution >= 4 is 30.3 Å². The van der Waals surface area contributed by atoms with E-state index >= 15 is 0 Å². The van der Waals surface area contributed by atoms with E-state index in [0.717, 1.165) is 9.12 Å². The van der Waals surface area contributed by atoms with Crippen LogP contribution in [0.5, 0.6) is 0 Å². The summed E-state index contributed by atoms with van der Waals surface area (Å²) < 4.78 is 61.2. The van der Waals surface area contributed by atoms with Crippen molar-refractivity contribution in [2.24, 2.45) is 0 Å². The van der Waals surface area contributed by atoms with Gasteiger partial charge in [0, 0.05) is 40.2 Å². The van der Waals surface area contributed by atoms with E-state index < -0.39 is 24.6 Å². The fourth-order valence-electron chi connectivity index (χ4n) is 0.823. The Bertz CT molecular complexity index is 196. The standard InChI is InChI=1S/C5H5F5INS/c6-4(7,5(8,9)10)1-3-2-12(3)13-11/h3H,1-2H2. The zero-order valence-electron chi connectivity index (χ0n) is 6.11. The molecule has 1 saturated heterocycles. The molecule has 0 aliphatic carbocycles. The Morgan fingerprint density at radius 1 is 1.31 bits per heavy atom. The van der Waals surface area contributed by atoms with Crippen LogP contribution in [-0.2, 0) is 0 Å². The fraction of sp³-hybridized carbons (Fsp3) is 1.00. The second kappa shape index (κ2) is 3.69. The molecule has 0 aromatic heterocycles. The highest BCUT2D eigenvalue weighted by Crippen LogP contribution is 2.44. The highest BCUT2D eigenvalue weighted by Gasteiger charge is 2.60. The summed E-state index contributed by atoms with van der Waals surface area (Å²) in [7, 11) is 1.15. The van der Waals surface area contributed by atoms with Gasteiger partial charge in [0.25, 0.3) is 0 Å². The first-order valence-electron chi connectivity index (χ1n) is 3.28. The smallest absolute Gasteiger partial charge is 0.235 e. The van der Waals surface area contributed by atoms with Gasteiger partial charge in [-0.3, -0.25) is 0 Å². The van der Waals surface area contributed by atoms with Gasteiger partial charge in [0.1, 0.15) is 0 Å². The largest absolute Gasteiger partial charge is 0.453 e. The van der Waals surface area contributed by atoms with Gasteiger partial charge in [0.15, 0.2) is 0 Å². The van der Waals surface area contributed by atoms with Crippen LogP contribution in [0.15, 0.2) is 0 Å². The van der Waals surface area contributed by atoms with Crippen molar-refractivity contribution in [3.8, 4) is 0 Å². The van der Waals surface area contributed by atoms with E-state index in [0.29, 0.717) is 6.54 Å². The van der Waals surface area contributed by atoms with Crippen LogP contribution in [0.2, 0.25) is 0 Å². The molecule has 0 N–H and O–H groups in total. The molecule has 1 fully saturated rings. The van der Waals surface area contributed by atoms with Crippen LogP contribution < -0.4 is 0 Å². The summed E-state index contributed by atoms with van der Waals surface area (Å²) >= 11 is 1.84. The predicted octanol–water partition coefficient (Wildman–Crippen LogP) is 3.26. The number of hydrogen-bond acceptors (Lipinski definition) is 2. The lowest BCUT2D eigenvalue weighted by Crippen LogP contribution is -2.37. The van der Waals surface area contributed by atoms with E-state index in [-0.39, 0.29) is 0 Å². The maximum Gasteiger partial charge on any atom is 0.453 e. The Hall–Kier alpha value is 0.690. The summed E-state index contributed by atoms with van der Waals surface area (Å²) in [6.07, 6.45) is -6.55. The summed E-state index contributed by atoms with van der Waals surface area (Å²) in [5.41, 5.74) is 0. The van der Waals surface area contributed by atoms with Crippen LogP contribution in [0, 0.1) is 0 Å². The van der Waals surface area contributed by atoms with Gasteiger partial charge in [-0.2, -0.15) is 22.0 Å². The molecule has 0 radical (unpaired) electrons. The van der Waals surface area contributed by atoms with Gasteiger partial charge in [-0.15, -0.1) is 0 Å². The molecule has 0 bridgehead atoms. The highest BCUT2D eigenvalue weighted by molar-refractivity contribution is 14.2. The van der Waals surface area contributed by atoms with Gasteiger partial charge in [-0.25, -0.2) is 4.31 Å². The van der Waals surface area contributed by atoms with Crippen LogP contribution in [0.1, 0.15) is 6.42 Å². The Morgan fingerprint density at radius 2 is 1.85 bits per heavy atom. The number of rotatable bonds is 3. The van der Waals surface area contributed by atoms with Gasteiger partial charge in [-0.1, -0.05) is 0 Å². The Balaban J connectivity index is 2.44. The lowest BCUT2D eigenvalue weighted by Gasteiger charge is -2.18. The average molecular weight is 333 g/mol. The van der Waals surface area contributed by atoms with Crippen molar-refractivity contribution in [3.05, 3.63) is 0 Å². The molecule has 0 saturated carbocycles. The van der Waals surface area contributed by atoms with Crippen LogP contribution >= 0.6 is 30.3 Å². The van der Waals surface area contributed by atoms with Crippen molar-refractivity contribution in [2.45, 2.75) is 24.6 Å². The lowest BCUT2D eigenvalue weighted by molar-refractivity contribution is -0.284. The lowest BCUT2D eigenvalue weighted by atomic mass is 10.2. The molecule has 2 unspecified atom stereocenters. The zero-order valence-corrected chi connectivity index (χ0v) is 9.09. The van der Waals surface area contributed by atoms with Gasteiger partial charge < -0.3 is 0 Å². The van der Waals surface area contributed by atoms with Gasteiger partial charge in [-0.05, 0) is 9.12 Å². The fourth-order valence-corrected chi connectivity index (χ4v) is 2.69. The summed E-state index contributed by atoms with van der Waals surface area (Å²) in [4.78, 5) is 0. The van der Waals surface area contributed by atoms with Gasteiger partial charge in [0.2, 0.25) is 0 Å². The topological polar surface area (TPSA) is 3.01 Å². The first-order chi connectivity index (χ1) is 5.78. The van der Waals surface area contributed by atoms with Crippen molar-refractivity contribution < 1.29 is 22.0 Å². The highest BCUT2D eigenvalue weighted by atomic mass is 127. The predicted molar refractivity (Wildman–Crippen MR) is 47.7 cm³/mol. The molecule has 0 spiro atoms. The summed E-state index contributed by atoms with van der Waals surface area (Å²) in [5, 5.41) is 0. The van der Waals surface area contributed by atoms with Crippen LogP contribution in [-0.4, -0.2) is 29.0 Å². The third-order valence-corrected chi connectivity index (χ3v) is 3.80. The summed E-state index contributed by atoms with van der Waals surface area (Å²) in [6, 6.07) is -0.640. The summed E-state index contributed by atoms with van der Waals surface area (Å²) in [5.74, 6) is -4.56. The van der Waals surface area contributed by atoms with Crippen LogP contribution in [0.3, 0.4) is 0 Å². The quantitative estimate of drug-likeness (QED) is 0.338. The number of halogens is 6. The van der Waals surface area contributed by atoms with E-state index in [1.54, 1.807) is 0 Å². The molecule has 0 aromatic rings. The Labute approximate surface area is 87.7 Å². The minimum Gasteiger partial charge on any atom is -0.235 e. The first-order valence-corrected chi connectivity index (χ1v) is 6.59. The van der Waals surface area contributed by atoms with Crippen LogP contribution in [0.4, 0.5) is 22.0 Å². The van der Waals surface area contributed by atoms with E-state index in [2.05, 4.69) is 0 Å². The molecule has 13 heavy (non-hydrogen) atoms. The minimum absolute atomic E-state index is 0.305. The minimum atomic E-state index is -5.42. The molecular formula is C5H5F5INS. The van der Waals surface area contributed by atoms with Crippen molar-refractivity contribution in [1.29, 1.82) is 0 Å². The molecule has 78 valence electrons. The molecule has 2 atom stereocenters. The van der Waals surface area contributed by atoms with Crippen molar-refractivity contribution in [3.63, 3.8) is 0 Å². The van der Waals surface area contributed by atoms with Crippen LogP contribution in [0.25, 0.3) is 0 Å². The molecule has 1 nitrogen and oxygen atoms in total. The molecule has 1 aliphatic rings. The van der Waals surface area contributed by atoms with E-state index in [9.17, 15) is 22.0 Å². The zero-order chi connectivity index (χ0) is 10.3. The van der Waals surface area contributed by atoms with Crippen molar-refractivity contribution in [2.75, 3.05) is 6.54 Å². The van der Waals surface area contributed by atoms with E-state index in [1.165, 1.54) is 4.31 Å². The first kappa shape index (κ1) is 11.8. The second-order valence-corrected chi connectivity index (χ2v) is 4.52. The molecule has 8 heteroatoms.